The number of anilines is 1. The summed E-state index contributed by atoms with van der Waals surface area (Å²) in [5, 5.41) is 2.18. The number of barbiturate groups is 1. The molecule has 3 rings (SSSR count). The van der Waals surface area contributed by atoms with Crippen LogP contribution in [0.1, 0.15) is 11.1 Å². The summed E-state index contributed by atoms with van der Waals surface area (Å²) in [4.78, 5) is 49.5. The second-order valence-electron chi connectivity index (χ2n) is 6.35. The van der Waals surface area contributed by atoms with E-state index in [-0.39, 0.29) is 12.2 Å². The Balaban J connectivity index is 1.88. The Bertz CT molecular complexity index is 1060. The minimum atomic E-state index is -0.807. The SMILES string of the molecule is COC(=O)COc1ccc(/C=C2\C(=O)NC(=O)N(c3ccc(C)cc3)C2=O)cc1Br. The molecule has 1 fully saturated rings. The van der Waals surface area contributed by atoms with E-state index in [9.17, 15) is 19.2 Å². The number of benzene rings is 2. The van der Waals surface area contributed by atoms with Crippen LogP contribution in [0, 0.1) is 6.92 Å². The number of amides is 4. The molecule has 4 amide bonds. The van der Waals surface area contributed by atoms with Gasteiger partial charge in [0.05, 0.1) is 17.3 Å². The van der Waals surface area contributed by atoms with Crippen LogP contribution in [0.3, 0.4) is 0 Å². The monoisotopic (exact) mass is 472 g/mol. The van der Waals surface area contributed by atoms with Crippen molar-refractivity contribution in [2.45, 2.75) is 6.92 Å². The zero-order chi connectivity index (χ0) is 21.8. The smallest absolute Gasteiger partial charge is 0.343 e. The maximum Gasteiger partial charge on any atom is 0.343 e. The molecule has 2 aromatic rings. The predicted molar refractivity (Wildman–Crippen MR) is 112 cm³/mol. The first-order chi connectivity index (χ1) is 14.3. The minimum absolute atomic E-state index is 0.190. The topological polar surface area (TPSA) is 102 Å². The van der Waals surface area contributed by atoms with Gasteiger partial charge in [0.15, 0.2) is 6.61 Å². The van der Waals surface area contributed by atoms with E-state index in [0.29, 0.717) is 21.5 Å². The van der Waals surface area contributed by atoms with E-state index in [1.807, 2.05) is 6.92 Å². The quantitative estimate of drug-likeness (QED) is 0.407. The normalized spacial score (nSPS) is 15.2. The van der Waals surface area contributed by atoms with Crippen molar-refractivity contribution in [2.75, 3.05) is 18.6 Å². The highest BCUT2D eigenvalue weighted by Crippen LogP contribution is 2.28. The molecule has 0 aromatic heterocycles. The number of nitrogens with one attached hydrogen (secondary N) is 1. The van der Waals surface area contributed by atoms with Crippen LogP contribution in [0.25, 0.3) is 6.08 Å². The number of nitrogens with zero attached hydrogens (tertiary/aromatic N) is 1. The molecule has 0 radical (unpaired) electrons. The molecule has 1 N–H and O–H groups in total. The van der Waals surface area contributed by atoms with Gasteiger partial charge in [-0.05, 0) is 58.8 Å². The van der Waals surface area contributed by atoms with Gasteiger partial charge in [-0.25, -0.2) is 14.5 Å². The standard InChI is InChI=1S/C21H17BrN2O6/c1-12-3-6-14(7-4-12)24-20(27)15(19(26)23-21(24)28)9-13-5-8-17(16(22)10-13)30-11-18(25)29-2/h3-10H,11H2,1-2H3,(H,23,26,28)/b15-9+. The van der Waals surface area contributed by atoms with Gasteiger partial charge in [-0.3, -0.25) is 14.9 Å². The van der Waals surface area contributed by atoms with Gasteiger partial charge < -0.3 is 9.47 Å². The summed E-state index contributed by atoms with van der Waals surface area (Å²) in [6.07, 6.45) is 1.38. The van der Waals surface area contributed by atoms with Crippen LogP contribution < -0.4 is 15.0 Å². The van der Waals surface area contributed by atoms with Crippen molar-refractivity contribution in [1.29, 1.82) is 0 Å². The Kier molecular flexibility index (Phi) is 6.31. The van der Waals surface area contributed by atoms with Crippen LogP contribution >= 0.6 is 15.9 Å². The van der Waals surface area contributed by atoms with E-state index < -0.39 is 23.8 Å². The lowest BCUT2D eigenvalue weighted by molar-refractivity contribution is -0.143. The Morgan fingerprint density at radius 2 is 1.83 bits per heavy atom. The number of carbonyl (C=O) groups is 4. The molecular formula is C21H17BrN2O6. The minimum Gasteiger partial charge on any atom is -0.481 e. The summed E-state index contributed by atoms with van der Waals surface area (Å²) in [5.41, 5.74) is 1.65. The highest BCUT2D eigenvalue weighted by molar-refractivity contribution is 9.10. The molecule has 0 unspecified atom stereocenters. The van der Waals surface area contributed by atoms with Crippen molar-refractivity contribution in [1.82, 2.24) is 5.32 Å². The van der Waals surface area contributed by atoms with Gasteiger partial charge in [0.25, 0.3) is 11.8 Å². The Labute approximate surface area is 180 Å². The summed E-state index contributed by atoms with van der Waals surface area (Å²) in [6, 6.07) is 10.8. The van der Waals surface area contributed by atoms with Crippen molar-refractivity contribution in [2.24, 2.45) is 0 Å². The second kappa shape index (κ2) is 8.91. The molecule has 0 spiro atoms. The van der Waals surface area contributed by atoms with Crippen LogP contribution in [0.2, 0.25) is 0 Å². The Morgan fingerprint density at radius 1 is 1.13 bits per heavy atom. The fourth-order valence-electron chi connectivity index (χ4n) is 2.67. The molecule has 9 heteroatoms. The largest absolute Gasteiger partial charge is 0.481 e. The molecule has 1 aliphatic heterocycles. The number of esters is 1. The Morgan fingerprint density at radius 3 is 2.47 bits per heavy atom. The van der Waals surface area contributed by atoms with E-state index in [2.05, 4.69) is 26.0 Å². The van der Waals surface area contributed by atoms with Crippen LogP contribution in [0.15, 0.2) is 52.5 Å². The molecule has 0 saturated carbocycles. The van der Waals surface area contributed by atoms with Crippen LogP contribution in [0.4, 0.5) is 10.5 Å². The van der Waals surface area contributed by atoms with Gasteiger partial charge in [-0.2, -0.15) is 0 Å². The molecule has 8 nitrogen and oxygen atoms in total. The summed E-state index contributed by atoms with van der Waals surface area (Å²) in [7, 11) is 1.26. The van der Waals surface area contributed by atoms with E-state index in [1.165, 1.54) is 13.2 Å². The Hall–Kier alpha value is -3.46. The molecule has 0 aliphatic carbocycles. The molecular weight excluding hydrogens is 456 g/mol. The van der Waals surface area contributed by atoms with Gasteiger partial charge in [-0.1, -0.05) is 23.8 Å². The zero-order valence-electron chi connectivity index (χ0n) is 16.1. The van der Waals surface area contributed by atoms with E-state index >= 15 is 0 Å². The summed E-state index contributed by atoms with van der Waals surface area (Å²) < 4.78 is 10.4. The number of ether oxygens (including phenoxy) is 2. The number of rotatable bonds is 5. The van der Waals surface area contributed by atoms with Gasteiger partial charge in [0, 0.05) is 0 Å². The maximum absolute atomic E-state index is 12.9. The average Bonchev–Trinajstić information content (AvgIpc) is 2.71. The molecule has 1 heterocycles. The van der Waals surface area contributed by atoms with E-state index in [0.717, 1.165) is 10.5 Å². The molecule has 1 aliphatic rings. The number of imide groups is 2. The van der Waals surface area contributed by atoms with Crippen molar-refractivity contribution in [3.8, 4) is 5.75 Å². The van der Waals surface area contributed by atoms with Crippen LogP contribution in [0.5, 0.6) is 5.75 Å². The number of urea groups is 1. The lowest BCUT2D eigenvalue weighted by Crippen LogP contribution is -2.54. The molecule has 2 aromatic carbocycles. The first kappa shape index (κ1) is 21.3. The lowest BCUT2D eigenvalue weighted by Gasteiger charge is -2.26. The van der Waals surface area contributed by atoms with Gasteiger partial charge in [-0.15, -0.1) is 0 Å². The second-order valence-corrected chi connectivity index (χ2v) is 7.20. The first-order valence-corrected chi connectivity index (χ1v) is 9.56. The highest BCUT2D eigenvalue weighted by Gasteiger charge is 2.36. The molecule has 154 valence electrons. The van der Waals surface area contributed by atoms with Crippen molar-refractivity contribution in [3.05, 3.63) is 63.6 Å². The number of hydrogen-bond acceptors (Lipinski definition) is 6. The lowest BCUT2D eigenvalue weighted by atomic mass is 10.1. The fraction of sp³-hybridized carbons (Fsp3) is 0.143. The summed E-state index contributed by atoms with van der Waals surface area (Å²) >= 11 is 3.32. The number of halogens is 1. The molecule has 0 bridgehead atoms. The number of carbonyl (C=O) groups excluding carboxylic acids is 4. The fourth-order valence-corrected chi connectivity index (χ4v) is 3.18. The third-order valence-corrected chi connectivity index (χ3v) is 4.85. The molecule has 0 atom stereocenters. The predicted octanol–water partition coefficient (Wildman–Crippen LogP) is 2.98. The van der Waals surface area contributed by atoms with Gasteiger partial charge in [0.1, 0.15) is 11.3 Å². The van der Waals surface area contributed by atoms with Crippen molar-refractivity contribution < 1.29 is 28.7 Å². The van der Waals surface area contributed by atoms with Gasteiger partial charge >= 0.3 is 12.0 Å². The third kappa shape index (κ3) is 4.57. The first-order valence-electron chi connectivity index (χ1n) is 8.77. The summed E-state index contributed by atoms with van der Waals surface area (Å²) in [6.45, 7) is 1.62. The van der Waals surface area contributed by atoms with Crippen molar-refractivity contribution in [3.63, 3.8) is 0 Å². The van der Waals surface area contributed by atoms with E-state index in [4.69, 9.17) is 4.74 Å². The van der Waals surface area contributed by atoms with Crippen LogP contribution in [-0.2, 0) is 19.1 Å². The number of hydrogen-bond donors (Lipinski definition) is 1. The highest BCUT2D eigenvalue weighted by atomic mass is 79.9. The molecule has 30 heavy (non-hydrogen) atoms. The van der Waals surface area contributed by atoms with Crippen LogP contribution in [-0.4, -0.2) is 37.5 Å². The number of methoxy groups -OCH3 is 1. The third-order valence-electron chi connectivity index (χ3n) is 4.23. The van der Waals surface area contributed by atoms with E-state index in [1.54, 1.807) is 42.5 Å². The maximum atomic E-state index is 12.9. The zero-order valence-corrected chi connectivity index (χ0v) is 17.7. The number of aryl methyl sites for hydroxylation is 1. The van der Waals surface area contributed by atoms with Gasteiger partial charge in [0.2, 0.25) is 0 Å². The molecule has 1 saturated heterocycles. The summed E-state index contributed by atoms with van der Waals surface area (Å²) in [5.74, 6) is -1.65. The van der Waals surface area contributed by atoms with Crippen molar-refractivity contribution >= 4 is 51.5 Å². The average molecular weight is 473 g/mol.